The highest BCUT2D eigenvalue weighted by atomic mass is 16.3. The van der Waals surface area contributed by atoms with Gasteiger partial charge in [0.2, 0.25) is 0 Å². The van der Waals surface area contributed by atoms with Gasteiger partial charge in [0.15, 0.2) is 0 Å². The van der Waals surface area contributed by atoms with E-state index in [1.807, 2.05) is 25.1 Å². The molecular formula is C10H16N2O. The molecule has 13 heavy (non-hydrogen) atoms. The number of aromatic hydroxyl groups is 1. The van der Waals surface area contributed by atoms with E-state index in [1.165, 1.54) is 0 Å². The minimum atomic E-state index is 0.143. The van der Waals surface area contributed by atoms with E-state index in [0.29, 0.717) is 12.3 Å². The number of phenols is 1. The maximum Gasteiger partial charge on any atom is 0.120 e. The van der Waals surface area contributed by atoms with Gasteiger partial charge in [0.25, 0.3) is 0 Å². The minimum absolute atomic E-state index is 0.143. The summed E-state index contributed by atoms with van der Waals surface area (Å²) in [6.45, 7) is 3.37. The summed E-state index contributed by atoms with van der Waals surface area (Å²) >= 11 is 0. The van der Waals surface area contributed by atoms with Crippen LogP contribution >= 0.6 is 0 Å². The molecule has 0 spiro atoms. The zero-order chi connectivity index (χ0) is 9.68. The van der Waals surface area contributed by atoms with Crippen molar-refractivity contribution in [1.29, 1.82) is 0 Å². The molecule has 1 aromatic carbocycles. The molecule has 3 nitrogen and oxygen atoms in total. The average molecular weight is 180 g/mol. The largest absolute Gasteiger partial charge is 0.508 e. The van der Waals surface area contributed by atoms with Crippen LogP contribution in [-0.2, 0) is 0 Å². The van der Waals surface area contributed by atoms with Gasteiger partial charge in [-0.15, -0.1) is 0 Å². The van der Waals surface area contributed by atoms with Crippen molar-refractivity contribution in [2.45, 2.75) is 13.0 Å². The summed E-state index contributed by atoms with van der Waals surface area (Å²) in [4.78, 5) is 0. The van der Waals surface area contributed by atoms with E-state index < -0.39 is 0 Å². The summed E-state index contributed by atoms with van der Waals surface area (Å²) < 4.78 is 0. The van der Waals surface area contributed by atoms with Crippen LogP contribution in [-0.4, -0.2) is 18.2 Å². The zero-order valence-electron chi connectivity index (χ0n) is 7.83. The Balaban J connectivity index is 2.65. The van der Waals surface area contributed by atoms with E-state index >= 15 is 0 Å². The van der Waals surface area contributed by atoms with Crippen molar-refractivity contribution in [1.82, 2.24) is 5.32 Å². The molecule has 0 radical (unpaired) electrons. The van der Waals surface area contributed by atoms with Crippen molar-refractivity contribution in [2.24, 2.45) is 5.73 Å². The second-order valence-corrected chi connectivity index (χ2v) is 3.02. The highest BCUT2D eigenvalue weighted by molar-refractivity contribution is 5.33. The van der Waals surface area contributed by atoms with E-state index in [1.54, 1.807) is 6.07 Å². The van der Waals surface area contributed by atoms with Crippen molar-refractivity contribution < 1.29 is 5.11 Å². The third-order valence-electron chi connectivity index (χ3n) is 2.00. The Kier molecular flexibility index (Phi) is 3.73. The molecule has 0 saturated heterocycles. The van der Waals surface area contributed by atoms with E-state index in [0.717, 1.165) is 12.1 Å². The summed E-state index contributed by atoms with van der Waals surface area (Å²) in [5.74, 6) is 0.333. The van der Waals surface area contributed by atoms with Crippen LogP contribution in [0.1, 0.15) is 18.5 Å². The molecule has 0 aromatic heterocycles. The monoisotopic (exact) mass is 180 g/mol. The fraction of sp³-hybridized carbons (Fsp3) is 0.400. The molecule has 4 N–H and O–H groups in total. The molecule has 72 valence electrons. The number of benzene rings is 1. The Morgan fingerprint density at radius 2 is 2.15 bits per heavy atom. The smallest absolute Gasteiger partial charge is 0.120 e. The van der Waals surface area contributed by atoms with Crippen LogP contribution in [0.15, 0.2) is 24.3 Å². The lowest BCUT2D eigenvalue weighted by atomic mass is 10.1. The SMILES string of the molecule is CC(NCCN)c1ccccc1O. The van der Waals surface area contributed by atoms with Gasteiger partial charge in [-0.1, -0.05) is 18.2 Å². The number of hydrogen-bond acceptors (Lipinski definition) is 3. The van der Waals surface area contributed by atoms with E-state index in [-0.39, 0.29) is 6.04 Å². The van der Waals surface area contributed by atoms with E-state index in [2.05, 4.69) is 5.32 Å². The molecule has 0 heterocycles. The Morgan fingerprint density at radius 3 is 2.77 bits per heavy atom. The number of nitrogens with two attached hydrogens (primary N) is 1. The quantitative estimate of drug-likeness (QED) is 0.648. The summed E-state index contributed by atoms with van der Waals surface area (Å²) in [5, 5.41) is 12.7. The second kappa shape index (κ2) is 4.84. The highest BCUT2D eigenvalue weighted by Crippen LogP contribution is 2.22. The van der Waals surface area contributed by atoms with Gasteiger partial charge in [-0.2, -0.15) is 0 Å². The summed E-state index contributed by atoms with van der Waals surface area (Å²) in [6, 6.07) is 7.47. The Morgan fingerprint density at radius 1 is 1.46 bits per heavy atom. The Labute approximate surface area is 78.6 Å². The van der Waals surface area contributed by atoms with Crippen molar-refractivity contribution in [3.63, 3.8) is 0 Å². The highest BCUT2D eigenvalue weighted by Gasteiger charge is 2.07. The van der Waals surface area contributed by atoms with Crippen molar-refractivity contribution >= 4 is 0 Å². The van der Waals surface area contributed by atoms with E-state index in [9.17, 15) is 5.11 Å². The molecule has 1 atom stereocenters. The van der Waals surface area contributed by atoms with Crippen LogP contribution in [0.5, 0.6) is 5.75 Å². The normalized spacial score (nSPS) is 12.8. The summed E-state index contributed by atoms with van der Waals surface area (Å²) in [6.07, 6.45) is 0. The maximum absolute atomic E-state index is 9.51. The van der Waals surface area contributed by atoms with Crippen LogP contribution in [0.4, 0.5) is 0 Å². The molecular weight excluding hydrogens is 164 g/mol. The lowest BCUT2D eigenvalue weighted by Gasteiger charge is -2.14. The summed E-state index contributed by atoms with van der Waals surface area (Å²) in [7, 11) is 0. The van der Waals surface area contributed by atoms with E-state index in [4.69, 9.17) is 5.73 Å². The fourth-order valence-electron chi connectivity index (χ4n) is 1.26. The molecule has 1 unspecified atom stereocenters. The predicted molar refractivity (Wildman–Crippen MR) is 53.6 cm³/mol. The van der Waals surface area contributed by atoms with Crippen LogP contribution in [0.3, 0.4) is 0 Å². The third kappa shape index (κ3) is 2.72. The average Bonchev–Trinajstić information content (AvgIpc) is 2.15. The first-order chi connectivity index (χ1) is 6.25. The fourth-order valence-corrected chi connectivity index (χ4v) is 1.26. The first-order valence-electron chi connectivity index (χ1n) is 4.47. The van der Waals surface area contributed by atoms with Crippen LogP contribution in [0, 0.1) is 0 Å². The van der Waals surface area contributed by atoms with Gasteiger partial charge in [-0.25, -0.2) is 0 Å². The van der Waals surface area contributed by atoms with Gasteiger partial charge in [-0.3, -0.25) is 0 Å². The van der Waals surface area contributed by atoms with Crippen LogP contribution in [0.25, 0.3) is 0 Å². The topological polar surface area (TPSA) is 58.3 Å². The molecule has 0 fully saturated rings. The number of hydrogen-bond donors (Lipinski definition) is 3. The lowest BCUT2D eigenvalue weighted by Crippen LogP contribution is -2.25. The van der Waals surface area contributed by atoms with Gasteiger partial charge in [0, 0.05) is 24.7 Å². The molecule has 0 aliphatic carbocycles. The number of nitrogens with one attached hydrogen (secondary N) is 1. The maximum atomic E-state index is 9.51. The molecule has 1 aromatic rings. The molecule has 0 bridgehead atoms. The van der Waals surface area contributed by atoms with Gasteiger partial charge >= 0.3 is 0 Å². The molecule has 0 saturated carbocycles. The molecule has 0 amide bonds. The van der Waals surface area contributed by atoms with Crippen LogP contribution < -0.4 is 11.1 Å². The van der Waals surface area contributed by atoms with Crippen molar-refractivity contribution in [3.05, 3.63) is 29.8 Å². The minimum Gasteiger partial charge on any atom is -0.508 e. The van der Waals surface area contributed by atoms with Gasteiger partial charge < -0.3 is 16.2 Å². The molecule has 0 aliphatic rings. The zero-order valence-corrected chi connectivity index (χ0v) is 7.83. The van der Waals surface area contributed by atoms with Gasteiger partial charge in [-0.05, 0) is 13.0 Å². The predicted octanol–water partition coefficient (Wildman–Crippen LogP) is 1.00. The molecule has 0 aliphatic heterocycles. The molecule has 3 heteroatoms. The third-order valence-corrected chi connectivity index (χ3v) is 2.00. The van der Waals surface area contributed by atoms with Crippen molar-refractivity contribution in [3.8, 4) is 5.75 Å². The number of phenolic OH excluding ortho intramolecular Hbond substituents is 1. The van der Waals surface area contributed by atoms with Gasteiger partial charge in [0.05, 0.1) is 0 Å². The second-order valence-electron chi connectivity index (χ2n) is 3.02. The first kappa shape index (κ1) is 10.0. The lowest BCUT2D eigenvalue weighted by molar-refractivity contribution is 0.453. The standard InChI is InChI=1S/C10H16N2O/c1-8(12-7-6-11)9-4-2-3-5-10(9)13/h2-5,8,12-13H,6-7,11H2,1H3. The molecule has 1 rings (SSSR count). The first-order valence-corrected chi connectivity index (χ1v) is 4.47. The van der Waals surface area contributed by atoms with Crippen LogP contribution in [0.2, 0.25) is 0 Å². The summed E-state index contributed by atoms with van der Waals surface area (Å²) in [5.41, 5.74) is 6.28. The number of rotatable bonds is 4. The number of para-hydroxylation sites is 1. The Bertz CT molecular complexity index is 263. The Hall–Kier alpha value is -1.06. The van der Waals surface area contributed by atoms with Gasteiger partial charge in [0.1, 0.15) is 5.75 Å². The van der Waals surface area contributed by atoms with Crippen molar-refractivity contribution in [2.75, 3.05) is 13.1 Å².